The van der Waals surface area contributed by atoms with E-state index in [0.717, 1.165) is 18.7 Å². The minimum atomic E-state index is -0.528. The molecule has 3 rings (SSSR count). The van der Waals surface area contributed by atoms with E-state index in [1.807, 2.05) is 6.07 Å². The summed E-state index contributed by atoms with van der Waals surface area (Å²) in [6, 6.07) is 3.50. The second-order valence-electron chi connectivity index (χ2n) is 5.23. The van der Waals surface area contributed by atoms with Crippen LogP contribution in [0.2, 0.25) is 10.0 Å². The molecule has 0 bridgehead atoms. The molecule has 1 saturated heterocycles. The minimum Gasteiger partial charge on any atom is -0.489 e. The highest BCUT2D eigenvalue weighted by atomic mass is 35.5. The lowest BCUT2D eigenvalue weighted by molar-refractivity contribution is -0.00668. The second kappa shape index (κ2) is 5.49. The van der Waals surface area contributed by atoms with Crippen LogP contribution in [0.4, 0.5) is 0 Å². The number of aliphatic hydroxyl groups excluding tert-OH is 1. The third kappa shape index (κ3) is 2.57. The van der Waals surface area contributed by atoms with Crippen LogP contribution in [-0.4, -0.2) is 35.8 Å². The molecule has 104 valence electrons. The fraction of sp³-hybridized carbons (Fsp3) is 0.571. The summed E-state index contributed by atoms with van der Waals surface area (Å²) in [6.45, 7) is 2.30. The lowest BCUT2D eigenvalue weighted by Gasteiger charge is -2.40. The fourth-order valence-corrected chi connectivity index (χ4v) is 3.62. The molecule has 1 fully saturated rings. The first-order chi connectivity index (χ1) is 9.16. The van der Waals surface area contributed by atoms with E-state index in [0.29, 0.717) is 15.8 Å². The van der Waals surface area contributed by atoms with Gasteiger partial charge in [-0.05, 0) is 38.1 Å². The predicted octanol–water partition coefficient (Wildman–Crippen LogP) is 3.27. The van der Waals surface area contributed by atoms with Crippen LogP contribution < -0.4 is 4.74 Å². The van der Waals surface area contributed by atoms with Gasteiger partial charge in [0.2, 0.25) is 0 Å². The van der Waals surface area contributed by atoms with Crippen molar-refractivity contribution in [1.82, 2.24) is 4.90 Å². The Morgan fingerprint density at radius 3 is 2.63 bits per heavy atom. The predicted molar refractivity (Wildman–Crippen MR) is 76.1 cm³/mol. The average molecular weight is 302 g/mol. The van der Waals surface area contributed by atoms with E-state index in [1.54, 1.807) is 6.07 Å². The number of hydrogen-bond donors (Lipinski definition) is 1. The van der Waals surface area contributed by atoms with E-state index in [4.69, 9.17) is 27.9 Å². The van der Waals surface area contributed by atoms with Crippen molar-refractivity contribution in [3.8, 4) is 5.75 Å². The molecule has 0 saturated carbocycles. The van der Waals surface area contributed by atoms with Crippen molar-refractivity contribution in [2.45, 2.75) is 31.4 Å². The molecule has 19 heavy (non-hydrogen) atoms. The summed E-state index contributed by atoms with van der Waals surface area (Å²) < 4.78 is 5.58. The fourth-order valence-electron chi connectivity index (χ4n) is 3.06. The van der Waals surface area contributed by atoms with Gasteiger partial charge in [0.15, 0.2) is 0 Å². The number of fused-ring (bicyclic) bond motifs is 1. The Morgan fingerprint density at radius 1 is 1.16 bits per heavy atom. The van der Waals surface area contributed by atoms with Gasteiger partial charge in [-0.15, -0.1) is 0 Å². The monoisotopic (exact) mass is 301 g/mol. The number of benzene rings is 1. The molecule has 0 spiro atoms. The van der Waals surface area contributed by atoms with Crippen molar-refractivity contribution in [3.05, 3.63) is 27.7 Å². The highest BCUT2D eigenvalue weighted by molar-refractivity contribution is 6.35. The zero-order valence-electron chi connectivity index (χ0n) is 10.6. The molecule has 0 amide bonds. The molecule has 1 aromatic carbocycles. The van der Waals surface area contributed by atoms with Gasteiger partial charge in [-0.1, -0.05) is 29.6 Å². The van der Waals surface area contributed by atoms with Gasteiger partial charge in [-0.2, -0.15) is 0 Å². The maximum absolute atomic E-state index is 10.3. The zero-order valence-corrected chi connectivity index (χ0v) is 12.1. The summed E-state index contributed by atoms with van der Waals surface area (Å²) in [5, 5.41) is 11.4. The van der Waals surface area contributed by atoms with Crippen LogP contribution >= 0.6 is 23.2 Å². The third-order valence-corrected chi connectivity index (χ3v) is 4.40. The van der Waals surface area contributed by atoms with Gasteiger partial charge in [0.05, 0.1) is 11.1 Å². The van der Waals surface area contributed by atoms with Gasteiger partial charge in [0, 0.05) is 10.6 Å². The van der Waals surface area contributed by atoms with Gasteiger partial charge in [-0.3, -0.25) is 4.90 Å². The van der Waals surface area contributed by atoms with Gasteiger partial charge in [-0.25, -0.2) is 0 Å². The van der Waals surface area contributed by atoms with E-state index >= 15 is 0 Å². The first kappa shape index (κ1) is 13.5. The van der Waals surface area contributed by atoms with E-state index in [2.05, 4.69) is 4.90 Å². The average Bonchev–Trinajstić information content (AvgIpc) is 2.39. The van der Waals surface area contributed by atoms with Crippen LogP contribution in [0.1, 0.15) is 30.9 Å². The SMILES string of the molecule is OC1COc2c(Cl)cc(Cl)cc2C1N1CCCCC1. The summed E-state index contributed by atoms with van der Waals surface area (Å²) in [5.41, 5.74) is 0.915. The van der Waals surface area contributed by atoms with Gasteiger partial charge in [0.1, 0.15) is 18.5 Å². The van der Waals surface area contributed by atoms with Crippen molar-refractivity contribution in [3.63, 3.8) is 0 Å². The van der Waals surface area contributed by atoms with Crippen LogP contribution in [0.5, 0.6) is 5.75 Å². The van der Waals surface area contributed by atoms with E-state index in [1.165, 1.54) is 19.3 Å². The first-order valence-electron chi connectivity index (χ1n) is 6.70. The summed E-state index contributed by atoms with van der Waals surface area (Å²) in [4.78, 5) is 2.32. The number of rotatable bonds is 1. The number of hydrogen-bond acceptors (Lipinski definition) is 3. The summed E-state index contributed by atoms with van der Waals surface area (Å²) in [6.07, 6.45) is 3.08. The molecule has 2 heterocycles. The summed E-state index contributed by atoms with van der Waals surface area (Å²) in [7, 11) is 0. The molecule has 0 aromatic heterocycles. The van der Waals surface area contributed by atoms with E-state index in [9.17, 15) is 5.11 Å². The van der Waals surface area contributed by atoms with Crippen LogP contribution in [0.15, 0.2) is 12.1 Å². The quantitative estimate of drug-likeness (QED) is 0.864. The molecule has 1 aromatic rings. The van der Waals surface area contributed by atoms with Crippen molar-refractivity contribution in [2.75, 3.05) is 19.7 Å². The van der Waals surface area contributed by atoms with Gasteiger partial charge in [0.25, 0.3) is 0 Å². The Kier molecular flexibility index (Phi) is 3.90. The molecule has 2 unspecified atom stereocenters. The Hall–Kier alpha value is -0.480. The molecular formula is C14H17Cl2NO2. The van der Waals surface area contributed by atoms with Crippen molar-refractivity contribution in [1.29, 1.82) is 0 Å². The molecule has 2 aliphatic rings. The lowest BCUT2D eigenvalue weighted by atomic mass is 9.94. The van der Waals surface area contributed by atoms with Crippen LogP contribution in [0.25, 0.3) is 0 Å². The molecule has 0 aliphatic carbocycles. The highest BCUT2D eigenvalue weighted by Crippen LogP contribution is 2.43. The van der Waals surface area contributed by atoms with Crippen LogP contribution in [0.3, 0.4) is 0 Å². The molecule has 1 N–H and O–H groups in total. The molecule has 0 radical (unpaired) electrons. The Morgan fingerprint density at radius 2 is 1.89 bits per heavy atom. The number of aliphatic hydroxyl groups is 1. The number of likely N-dealkylation sites (tertiary alicyclic amines) is 1. The molecular weight excluding hydrogens is 285 g/mol. The molecule has 2 atom stereocenters. The highest BCUT2D eigenvalue weighted by Gasteiger charge is 2.36. The lowest BCUT2D eigenvalue weighted by Crippen LogP contribution is -2.44. The van der Waals surface area contributed by atoms with E-state index in [-0.39, 0.29) is 12.6 Å². The molecule has 3 nitrogen and oxygen atoms in total. The standard InChI is InChI=1S/C14H17Cl2NO2/c15-9-6-10-13(17-4-2-1-3-5-17)12(18)8-19-14(10)11(16)7-9/h6-7,12-13,18H,1-5,8H2. The normalized spacial score (nSPS) is 27.7. The topological polar surface area (TPSA) is 32.7 Å². The molecule has 2 aliphatic heterocycles. The second-order valence-corrected chi connectivity index (χ2v) is 6.07. The van der Waals surface area contributed by atoms with Gasteiger partial charge < -0.3 is 9.84 Å². The number of halogens is 2. The third-order valence-electron chi connectivity index (χ3n) is 3.90. The van der Waals surface area contributed by atoms with Crippen LogP contribution in [0, 0.1) is 0 Å². The van der Waals surface area contributed by atoms with Gasteiger partial charge >= 0.3 is 0 Å². The smallest absolute Gasteiger partial charge is 0.143 e. The number of piperidine rings is 1. The van der Waals surface area contributed by atoms with Crippen molar-refractivity contribution >= 4 is 23.2 Å². The summed E-state index contributed by atoms with van der Waals surface area (Å²) >= 11 is 12.3. The number of ether oxygens (including phenoxy) is 1. The van der Waals surface area contributed by atoms with E-state index < -0.39 is 6.10 Å². The van der Waals surface area contributed by atoms with Crippen molar-refractivity contribution in [2.24, 2.45) is 0 Å². The first-order valence-corrected chi connectivity index (χ1v) is 7.46. The van der Waals surface area contributed by atoms with Crippen molar-refractivity contribution < 1.29 is 9.84 Å². The Bertz CT molecular complexity index is 475. The largest absolute Gasteiger partial charge is 0.489 e. The maximum Gasteiger partial charge on any atom is 0.143 e. The zero-order chi connectivity index (χ0) is 13.4. The number of nitrogens with zero attached hydrogens (tertiary/aromatic N) is 1. The summed E-state index contributed by atoms with van der Waals surface area (Å²) in [5.74, 6) is 0.673. The Balaban J connectivity index is 2.00. The minimum absolute atomic E-state index is 0.0553. The maximum atomic E-state index is 10.3. The molecule has 5 heteroatoms. The van der Waals surface area contributed by atoms with Crippen LogP contribution in [-0.2, 0) is 0 Å². The Labute approximate surface area is 123 Å².